The van der Waals surface area contributed by atoms with E-state index in [1.54, 1.807) is 13.2 Å². The van der Waals surface area contributed by atoms with Crippen LogP contribution >= 0.6 is 11.3 Å². The molecule has 1 atom stereocenters. The monoisotopic (exact) mass is 565 g/mol. The second-order valence-electron chi connectivity index (χ2n) is 9.84. The first-order valence-corrected chi connectivity index (χ1v) is 13.4. The van der Waals surface area contributed by atoms with Crippen LogP contribution in [0.3, 0.4) is 0 Å². The molecule has 3 heterocycles. The summed E-state index contributed by atoms with van der Waals surface area (Å²) in [5, 5.41) is 8.40. The summed E-state index contributed by atoms with van der Waals surface area (Å²) >= 11 is 1.40. The number of carbonyl (C=O) groups excluding carboxylic acids is 5. The van der Waals surface area contributed by atoms with Crippen molar-refractivity contribution in [2.45, 2.75) is 45.2 Å². The largest absolute Gasteiger partial charge is 0.497 e. The molecule has 3 N–H and O–H groups in total. The number of urea groups is 1. The number of rotatable bonds is 7. The number of amides is 6. The number of nitrogens with one attached hydrogen (secondary N) is 3. The topological polar surface area (TPSA) is 156 Å². The first kappa shape index (κ1) is 27.1. The van der Waals surface area contributed by atoms with Crippen LogP contribution in [0.5, 0.6) is 11.5 Å². The fourth-order valence-corrected chi connectivity index (χ4v) is 5.74. The van der Waals surface area contributed by atoms with Crippen molar-refractivity contribution in [2.75, 3.05) is 19.0 Å². The summed E-state index contributed by atoms with van der Waals surface area (Å²) in [6.45, 7) is 5.96. The van der Waals surface area contributed by atoms with Gasteiger partial charge in [0.05, 0.1) is 35.1 Å². The molecule has 3 aromatic rings. The van der Waals surface area contributed by atoms with Crippen LogP contribution in [0.15, 0.2) is 30.3 Å². The minimum atomic E-state index is -1.07. The van der Waals surface area contributed by atoms with Gasteiger partial charge in [-0.3, -0.25) is 29.4 Å². The van der Waals surface area contributed by atoms with Gasteiger partial charge >= 0.3 is 6.03 Å². The Labute approximate surface area is 233 Å². The Bertz CT molecular complexity index is 1580. The summed E-state index contributed by atoms with van der Waals surface area (Å²) in [6, 6.07) is 6.33. The number of ether oxygens (including phenoxy) is 2. The van der Waals surface area contributed by atoms with E-state index in [9.17, 15) is 24.0 Å². The van der Waals surface area contributed by atoms with E-state index in [1.807, 2.05) is 26.8 Å². The first-order valence-electron chi connectivity index (χ1n) is 12.6. The van der Waals surface area contributed by atoms with E-state index in [-0.39, 0.29) is 29.7 Å². The van der Waals surface area contributed by atoms with Crippen LogP contribution < -0.4 is 25.4 Å². The Balaban J connectivity index is 1.32. The summed E-state index contributed by atoms with van der Waals surface area (Å²) in [4.78, 5) is 68.3. The fraction of sp³-hybridized carbons (Fsp3) is 0.333. The lowest BCUT2D eigenvalue weighted by atomic mass is 10.0. The molecule has 0 radical (unpaired) electrons. The number of benzene rings is 2. The van der Waals surface area contributed by atoms with Gasteiger partial charge in [-0.25, -0.2) is 9.78 Å². The maximum Gasteiger partial charge on any atom is 0.319 e. The molecule has 1 fully saturated rings. The molecule has 0 spiro atoms. The highest BCUT2D eigenvalue weighted by molar-refractivity contribution is 7.18. The third-order valence-electron chi connectivity index (χ3n) is 6.63. The predicted molar refractivity (Wildman–Crippen MR) is 146 cm³/mol. The Morgan fingerprint density at radius 1 is 1.15 bits per heavy atom. The molecule has 0 bridgehead atoms. The van der Waals surface area contributed by atoms with E-state index in [0.717, 1.165) is 9.60 Å². The van der Waals surface area contributed by atoms with Gasteiger partial charge in [0.2, 0.25) is 11.8 Å². The zero-order valence-corrected chi connectivity index (χ0v) is 23.1. The van der Waals surface area contributed by atoms with Gasteiger partial charge in [-0.2, -0.15) is 0 Å². The smallest absolute Gasteiger partial charge is 0.319 e. The molecule has 2 aromatic carbocycles. The van der Waals surface area contributed by atoms with Crippen LogP contribution in [0.25, 0.3) is 10.2 Å². The summed E-state index contributed by atoms with van der Waals surface area (Å²) in [7, 11) is 1.57. The Hall–Kier alpha value is -4.52. The summed E-state index contributed by atoms with van der Waals surface area (Å²) in [5.41, 5.74) is 0.257. The quantitative estimate of drug-likeness (QED) is 0.369. The van der Waals surface area contributed by atoms with E-state index in [1.165, 1.54) is 29.5 Å². The highest BCUT2D eigenvalue weighted by atomic mass is 32.1. The van der Waals surface area contributed by atoms with Gasteiger partial charge in [0.25, 0.3) is 11.8 Å². The van der Waals surface area contributed by atoms with Gasteiger partial charge < -0.3 is 20.1 Å². The Morgan fingerprint density at radius 2 is 1.90 bits per heavy atom. The van der Waals surface area contributed by atoms with E-state index in [0.29, 0.717) is 28.6 Å². The highest BCUT2D eigenvalue weighted by Crippen LogP contribution is 2.38. The maximum atomic E-state index is 13.1. The Morgan fingerprint density at radius 3 is 2.60 bits per heavy atom. The lowest BCUT2D eigenvalue weighted by molar-refractivity contribution is -0.136. The normalized spacial score (nSPS) is 17.1. The molecule has 2 aliphatic rings. The van der Waals surface area contributed by atoms with E-state index < -0.39 is 41.2 Å². The minimum absolute atomic E-state index is 0.0295. The van der Waals surface area contributed by atoms with Gasteiger partial charge in [-0.1, -0.05) is 0 Å². The number of fused-ring (bicyclic) bond motifs is 2. The second-order valence-corrected chi connectivity index (χ2v) is 10.9. The zero-order valence-electron chi connectivity index (χ0n) is 22.2. The average molecular weight is 566 g/mol. The molecular formula is C27H27N5O7S. The molecule has 12 nitrogen and oxygen atoms in total. The number of carbonyl (C=O) groups is 5. The molecule has 6 amide bonds. The van der Waals surface area contributed by atoms with Crippen molar-refractivity contribution in [2.24, 2.45) is 0 Å². The van der Waals surface area contributed by atoms with E-state index >= 15 is 0 Å². The zero-order chi connectivity index (χ0) is 28.8. The SMILES string of the molecule is CCOc1cc(OC)cc2sc(C(C)(C)NC(=O)Nc3ccc4c(c3)C(=O)N(C3CCC(=O)NC3=O)C4=O)nc12. The van der Waals surface area contributed by atoms with E-state index in [2.05, 4.69) is 16.0 Å². The molecule has 5 rings (SSSR count). The van der Waals surface area contributed by atoms with Gasteiger partial charge in [0, 0.05) is 18.2 Å². The maximum absolute atomic E-state index is 13.1. The standard InChI is InChI=1S/C27H27N5O7S/c1-5-39-18-11-14(38-4)12-19-21(18)30-25(40-19)27(2,3)31-26(37)28-13-6-7-15-16(10-13)24(36)32(23(15)35)17-8-9-20(33)29-22(17)34/h6-7,10-12,17H,5,8-9H2,1-4H3,(H2,28,31,37)(H,29,33,34). The third kappa shape index (κ3) is 4.83. The van der Waals surface area contributed by atoms with Crippen molar-refractivity contribution in [1.29, 1.82) is 0 Å². The van der Waals surface area contributed by atoms with Crippen LogP contribution in [-0.2, 0) is 15.1 Å². The number of imide groups is 2. The molecule has 0 saturated carbocycles. The van der Waals surface area contributed by atoms with Gasteiger partial charge in [-0.15, -0.1) is 11.3 Å². The molecule has 1 saturated heterocycles. The lowest BCUT2D eigenvalue weighted by Crippen LogP contribution is -2.54. The minimum Gasteiger partial charge on any atom is -0.497 e. The Kier molecular flexibility index (Phi) is 6.92. The van der Waals surface area contributed by atoms with Crippen molar-refractivity contribution in [1.82, 2.24) is 20.5 Å². The third-order valence-corrected chi connectivity index (χ3v) is 7.95. The lowest BCUT2D eigenvalue weighted by Gasteiger charge is -2.27. The van der Waals surface area contributed by atoms with Gasteiger partial charge in [0.15, 0.2) is 0 Å². The van der Waals surface area contributed by atoms with Crippen molar-refractivity contribution in [3.05, 3.63) is 46.5 Å². The molecule has 13 heteroatoms. The summed E-state index contributed by atoms with van der Waals surface area (Å²) in [6.07, 6.45) is 0.0884. The molecule has 0 aliphatic carbocycles. The van der Waals surface area contributed by atoms with Crippen molar-refractivity contribution in [3.63, 3.8) is 0 Å². The molecular weight excluding hydrogens is 538 g/mol. The van der Waals surface area contributed by atoms with Crippen LogP contribution in [0.2, 0.25) is 0 Å². The molecule has 1 unspecified atom stereocenters. The van der Waals surface area contributed by atoms with Crippen LogP contribution in [0, 0.1) is 0 Å². The van der Waals surface area contributed by atoms with Crippen molar-refractivity contribution < 1.29 is 33.4 Å². The van der Waals surface area contributed by atoms with Crippen molar-refractivity contribution in [3.8, 4) is 11.5 Å². The fourth-order valence-electron chi connectivity index (χ4n) is 4.67. The van der Waals surface area contributed by atoms with Crippen molar-refractivity contribution >= 4 is 56.9 Å². The molecule has 1 aromatic heterocycles. The number of hydrogen-bond acceptors (Lipinski definition) is 9. The number of anilines is 1. The van der Waals surface area contributed by atoms with Gasteiger partial charge in [-0.05, 0) is 51.5 Å². The van der Waals surface area contributed by atoms with E-state index in [4.69, 9.17) is 14.5 Å². The number of hydrogen-bond donors (Lipinski definition) is 3. The van der Waals surface area contributed by atoms with Crippen LogP contribution in [0.4, 0.5) is 10.5 Å². The predicted octanol–water partition coefficient (Wildman–Crippen LogP) is 3.16. The molecule has 2 aliphatic heterocycles. The van der Waals surface area contributed by atoms with Crippen LogP contribution in [-0.4, -0.2) is 59.3 Å². The number of piperidine rings is 1. The van der Waals surface area contributed by atoms with Crippen LogP contribution in [0.1, 0.15) is 59.3 Å². The number of aromatic nitrogens is 1. The molecule has 208 valence electrons. The summed E-state index contributed by atoms with van der Waals surface area (Å²) < 4.78 is 11.9. The second kappa shape index (κ2) is 10.2. The number of nitrogens with zero attached hydrogens (tertiary/aromatic N) is 2. The highest BCUT2D eigenvalue weighted by Gasteiger charge is 2.44. The molecule has 40 heavy (non-hydrogen) atoms. The first-order chi connectivity index (χ1) is 19.0. The van der Waals surface area contributed by atoms with Gasteiger partial charge in [0.1, 0.15) is 28.1 Å². The average Bonchev–Trinajstić information content (AvgIpc) is 3.44. The number of thiazole rings is 1. The number of methoxy groups -OCH3 is 1. The summed E-state index contributed by atoms with van der Waals surface area (Å²) in [5.74, 6) is -1.19.